The maximum absolute atomic E-state index is 0. The summed E-state index contributed by atoms with van der Waals surface area (Å²) in [6.45, 7) is 0. The van der Waals surface area contributed by atoms with Crippen LogP contribution in [0, 0.1) is 0 Å². The van der Waals surface area contributed by atoms with Crippen molar-refractivity contribution < 1.29 is 47.5 Å². The van der Waals surface area contributed by atoms with Crippen LogP contribution in [0.2, 0.25) is 0 Å². The molecule has 0 spiro atoms. The van der Waals surface area contributed by atoms with E-state index in [1.54, 1.807) is 0 Å². The molecule has 2 nitrogen and oxygen atoms in total. The van der Waals surface area contributed by atoms with Crippen molar-refractivity contribution >= 4 is 0 Å². The Kier molecular flexibility index (Phi) is 624. The molecule has 4 heteroatoms. The molecule has 0 atom stereocenters. The first-order chi connectivity index (χ1) is 0. The van der Waals surface area contributed by atoms with E-state index in [0.29, 0.717) is 0 Å². The van der Waals surface area contributed by atoms with Gasteiger partial charge in [0, 0.05) is 0 Å². The third kappa shape index (κ3) is 11.5. The normalized spacial score (nSPS) is 0. The van der Waals surface area contributed by atoms with Crippen molar-refractivity contribution in [3.8, 4) is 0 Å². The molecule has 0 aliphatic heterocycles. The topological polar surface area (TPSA) is 60.0 Å². The molecule has 22 valence electrons. The van der Waals surface area contributed by atoms with Gasteiger partial charge in [0.05, 0.1) is 0 Å². The standard InChI is InChI=1S/Fe.2H2O.Zn/h;2*1H2;/q+2;;;+2/p-2. The van der Waals surface area contributed by atoms with Crippen LogP contribution in [-0.4, -0.2) is 11.0 Å². The Morgan fingerprint density at radius 3 is 0.750 bits per heavy atom. The molecule has 2 N–H and O–H groups in total. The van der Waals surface area contributed by atoms with Gasteiger partial charge in [-0.2, -0.15) is 0 Å². The van der Waals surface area contributed by atoms with Crippen LogP contribution in [0.3, 0.4) is 0 Å². The summed E-state index contributed by atoms with van der Waals surface area (Å²) in [5.74, 6) is 0. The zero-order chi connectivity index (χ0) is 0. The van der Waals surface area contributed by atoms with Crippen molar-refractivity contribution in [2.75, 3.05) is 0 Å². The van der Waals surface area contributed by atoms with Gasteiger partial charge in [0.25, 0.3) is 0 Å². The Morgan fingerprint density at radius 2 is 0.750 bits per heavy atom. The number of hydrogen-bond donors (Lipinski definition) is 0. The van der Waals surface area contributed by atoms with Crippen molar-refractivity contribution in [2.45, 2.75) is 0 Å². The molecule has 0 bridgehead atoms. The fraction of sp³-hybridized carbons (Fsp3) is 0. The summed E-state index contributed by atoms with van der Waals surface area (Å²) in [6.07, 6.45) is 0. The van der Waals surface area contributed by atoms with Gasteiger partial charge in [-0.05, 0) is 0 Å². The predicted octanol–water partition coefficient (Wildman–Crippen LogP) is -0.359. The minimum atomic E-state index is 0. The summed E-state index contributed by atoms with van der Waals surface area (Å²) >= 11 is 0. The molecule has 0 saturated carbocycles. The average molecular weight is 155 g/mol. The molecule has 0 heterocycles. The van der Waals surface area contributed by atoms with Crippen molar-refractivity contribution in [1.82, 2.24) is 0 Å². The molecule has 0 aliphatic carbocycles. The second-order valence-electron chi connectivity index (χ2n) is 0. The van der Waals surface area contributed by atoms with Gasteiger partial charge >= 0.3 is 36.5 Å². The summed E-state index contributed by atoms with van der Waals surface area (Å²) < 4.78 is 0. The Hall–Kier alpha value is 1.06. The Balaban J connectivity index is 0. The smallest absolute Gasteiger partial charge is 0.870 e. The van der Waals surface area contributed by atoms with Crippen molar-refractivity contribution in [1.29, 1.82) is 0 Å². The van der Waals surface area contributed by atoms with Crippen LogP contribution in [0.15, 0.2) is 0 Å². The maximum atomic E-state index is 0. The summed E-state index contributed by atoms with van der Waals surface area (Å²) in [4.78, 5) is 0. The second kappa shape index (κ2) is 33.7. The van der Waals surface area contributed by atoms with E-state index in [-0.39, 0.29) is 47.5 Å². The van der Waals surface area contributed by atoms with Crippen LogP contribution < -0.4 is 0 Å². The molecule has 0 aromatic carbocycles. The molecular formula is H2FeO2Zn+2. The van der Waals surface area contributed by atoms with Gasteiger partial charge < -0.3 is 11.0 Å². The molecule has 0 aliphatic rings. The molecule has 0 amide bonds. The molecule has 0 rings (SSSR count). The first-order valence-corrected chi connectivity index (χ1v) is 0. The summed E-state index contributed by atoms with van der Waals surface area (Å²) in [5.41, 5.74) is 0. The van der Waals surface area contributed by atoms with Crippen molar-refractivity contribution in [2.24, 2.45) is 0 Å². The first-order valence-electron chi connectivity index (χ1n) is 0. The van der Waals surface area contributed by atoms with E-state index in [4.69, 9.17) is 0 Å². The van der Waals surface area contributed by atoms with E-state index in [0.717, 1.165) is 0 Å². The zero-order valence-electron chi connectivity index (χ0n) is 1.96. The van der Waals surface area contributed by atoms with Crippen LogP contribution in [0.5, 0.6) is 0 Å². The molecule has 0 saturated heterocycles. The van der Waals surface area contributed by atoms with Gasteiger partial charge in [-0.25, -0.2) is 0 Å². The van der Waals surface area contributed by atoms with E-state index < -0.39 is 0 Å². The Bertz CT molecular complexity index is 6.00. The maximum Gasteiger partial charge on any atom is 2.00 e. The molecular weight excluding hydrogens is 153 g/mol. The Morgan fingerprint density at radius 1 is 0.750 bits per heavy atom. The van der Waals surface area contributed by atoms with Crippen LogP contribution >= 0.6 is 0 Å². The van der Waals surface area contributed by atoms with E-state index >= 15 is 0 Å². The van der Waals surface area contributed by atoms with E-state index in [9.17, 15) is 0 Å². The summed E-state index contributed by atoms with van der Waals surface area (Å²) in [6, 6.07) is 0. The van der Waals surface area contributed by atoms with Gasteiger partial charge in [-0.3, -0.25) is 0 Å². The van der Waals surface area contributed by atoms with Gasteiger partial charge in [-0.1, -0.05) is 0 Å². The van der Waals surface area contributed by atoms with Crippen LogP contribution in [0.25, 0.3) is 0 Å². The van der Waals surface area contributed by atoms with Crippen LogP contribution in [0.1, 0.15) is 0 Å². The van der Waals surface area contributed by atoms with E-state index in [1.807, 2.05) is 0 Å². The molecule has 4 heavy (non-hydrogen) atoms. The molecule has 0 fully saturated rings. The third-order valence-corrected chi connectivity index (χ3v) is 0. The molecule has 0 radical (unpaired) electrons. The average Bonchev–Trinajstić information content (AvgIpc) is 0. The second-order valence-corrected chi connectivity index (χ2v) is 0. The molecule has 0 unspecified atom stereocenters. The summed E-state index contributed by atoms with van der Waals surface area (Å²) in [5, 5.41) is 0. The monoisotopic (exact) mass is 154 g/mol. The zero-order valence-corrected chi connectivity index (χ0v) is 6.03. The quantitative estimate of drug-likeness (QED) is 0.449. The molecule has 0 aromatic heterocycles. The largest absolute Gasteiger partial charge is 2.00 e. The number of hydrogen-bond acceptors (Lipinski definition) is 2. The minimum Gasteiger partial charge on any atom is -0.870 e. The fourth-order valence-corrected chi connectivity index (χ4v) is 0. The fourth-order valence-electron chi connectivity index (χ4n) is 0. The SMILES string of the molecule is [Fe+2].[OH-].[OH-].[Zn+2]. The third-order valence-electron chi connectivity index (χ3n) is 0. The van der Waals surface area contributed by atoms with Gasteiger partial charge in [0.1, 0.15) is 0 Å². The minimum absolute atomic E-state index is 0. The summed E-state index contributed by atoms with van der Waals surface area (Å²) in [7, 11) is 0. The number of rotatable bonds is 0. The predicted molar refractivity (Wildman–Crippen MR) is 3.87 cm³/mol. The Labute approximate surface area is 47.8 Å². The van der Waals surface area contributed by atoms with Crippen molar-refractivity contribution in [3.63, 3.8) is 0 Å². The van der Waals surface area contributed by atoms with Crippen LogP contribution in [0.4, 0.5) is 0 Å². The van der Waals surface area contributed by atoms with Gasteiger partial charge in [0.2, 0.25) is 0 Å². The van der Waals surface area contributed by atoms with E-state index in [1.165, 1.54) is 0 Å². The van der Waals surface area contributed by atoms with E-state index in [2.05, 4.69) is 0 Å². The first kappa shape index (κ1) is 74.0. The molecule has 0 aromatic rings. The van der Waals surface area contributed by atoms with Gasteiger partial charge in [0.15, 0.2) is 0 Å². The van der Waals surface area contributed by atoms with Crippen molar-refractivity contribution in [3.05, 3.63) is 0 Å². The van der Waals surface area contributed by atoms with Crippen LogP contribution in [-0.2, 0) is 36.5 Å². The van der Waals surface area contributed by atoms with Gasteiger partial charge in [-0.15, -0.1) is 0 Å².